The third-order valence-electron chi connectivity index (χ3n) is 5.70. The van der Waals surface area contributed by atoms with Crippen LogP contribution in [-0.4, -0.2) is 17.9 Å². The summed E-state index contributed by atoms with van der Waals surface area (Å²) in [6.07, 6.45) is 4.14. The number of carbonyl (C=O) groups is 2. The molecule has 2 atom stereocenters. The fourth-order valence-electron chi connectivity index (χ4n) is 4.37. The number of para-hydroxylation sites is 2. The van der Waals surface area contributed by atoms with Gasteiger partial charge in [0.1, 0.15) is 0 Å². The topological polar surface area (TPSA) is 40.6 Å². The average molecular weight is 411 g/mol. The van der Waals surface area contributed by atoms with Crippen LogP contribution in [0.4, 0.5) is 11.4 Å². The van der Waals surface area contributed by atoms with Crippen molar-refractivity contribution in [2.24, 2.45) is 0 Å². The fourth-order valence-corrected chi connectivity index (χ4v) is 4.37. The van der Waals surface area contributed by atoms with Crippen LogP contribution < -0.4 is 9.80 Å². The largest absolute Gasteiger partial charge is 0.309 e. The van der Waals surface area contributed by atoms with Crippen molar-refractivity contribution in [3.63, 3.8) is 0 Å². The van der Waals surface area contributed by atoms with Gasteiger partial charge in [-0.15, -0.1) is 0 Å². The maximum atomic E-state index is 13.5. The molecular formula is C27H26N2O2. The maximum Gasteiger partial charge on any atom is 0.251 e. The van der Waals surface area contributed by atoms with Crippen LogP contribution >= 0.6 is 0 Å². The minimum atomic E-state index is -0.169. The minimum Gasteiger partial charge on any atom is -0.309 e. The number of rotatable bonds is 4. The second-order valence-corrected chi connectivity index (χ2v) is 7.84. The number of nitrogens with zero attached hydrogens (tertiary/aromatic N) is 2. The quantitative estimate of drug-likeness (QED) is 0.524. The van der Waals surface area contributed by atoms with Crippen LogP contribution in [0.1, 0.15) is 37.4 Å². The lowest BCUT2D eigenvalue weighted by Gasteiger charge is -2.43. The monoisotopic (exact) mass is 410 g/mol. The van der Waals surface area contributed by atoms with Crippen molar-refractivity contribution in [2.75, 3.05) is 9.80 Å². The van der Waals surface area contributed by atoms with E-state index in [9.17, 15) is 9.59 Å². The molecule has 0 spiro atoms. The summed E-state index contributed by atoms with van der Waals surface area (Å²) in [7, 11) is 0. The standard InChI is InChI=1S/C27H26N2O2/c1-20-19-26(24-15-9-10-16-25(24)28(20)21(2)30)29(23-13-7-4-8-14-23)27(31)18-17-22-11-5-3-6-12-22/h3-18,20,26H,19H2,1-2H3/b18-17+/t20-,26-/m1/s1. The molecular weight excluding hydrogens is 384 g/mol. The van der Waals surface area contributed by atoms with Crippen molar-refractivity contribution < 1.29 is 9.59 Å². The Morgan fingerprint density at radius 1 is 0.903 bits per heavy atom. The van der Waals surface area contributed by atoms with Crippen LogP contribution in [0.3, 0.4) is 0 Å². The van der Waals surface area contributed by atoms with E-state index in [1.165, 1.54) is 0 Å². The molecule has 0 radical (unpaired) electrons. The molecule has 0 N–H and O–H groups in total. The highest BCUT2D eigenvalue weighted by molar-refractivity contribution is 6.05. The van der Waals surface area contributed by atoms with E-state index in [4.69, 9.17) is 0 Å². The maximum absolute atomic E-state index is 13.5. The Labute approximate surface area is 183 Å². The Morgan fingerprint density at radius 3 is 2.19 bits per heavy atom. The minimum absolute atomic E-state index is 0.0139. The molecule has 0 bridgehead atoms. The molecule has 1 aliphatic heterocycles. The van der Waals surface area contributed by atoms with Crippen molar-refractivity contribution in [1.29, 1.82) is 0 Å². The van der Waals surface area contributed by atoms with Gasteiger partial charge < -0.3 is 9.80 Å². The van der Waals surface area contributed by atoms with Gasteiger partial charge in [-0.3, -0.25) is 9.59 Å². The average Bonchev–Trinajstić information content (AvgIpc) is 2.79. The predicted molar refractivity (Wildman–Crippen MR) is 126 cm³/mol. The van der Waals surface area contributed by atoms with Crippen LogP contribution in [0.15, 0.2) is 91.0 Å². The molecule has 0 saturated heterocycles. The Kier molecular flexibility index (Phi) is 5.99. The number of fused-ring (bicyclic) bond motifs is 1. The summed E-state index contributed by atoms with van der Waals surface area (Å²) in [6.45, 7) is 3.63. The van der Waals surface area contributed by atoms with Gasteiger partial charge in [-0.1, -0.05) is 66.7 Å². The number of benzene rings is 3. The van der Waals surface area contributed by atoms with Gasteiger partial charge in [-0.25, -0.2) is 0 Å². The summed E-state index contributed by atoms with van der Waals surface area (Å²) in [5.74, 6) is -0.0710. The molecule has 1 aliphatic rings. The normalized spacial score (nSPS) is 17.9. The first kappa shape index (κ1) is 20.6. The first-order valence-corrected chi connectivity index (χ1v) is 10.6. The van der Waals surface area contributed by atoms with Crippen LogP contribution in [0.5, 0.6) is 0 Å². The lowest BCUT2D eigenvalue weighted by Crippen LogP contribution is -2.46. The summed E-state index contributed by atoms with van der Waals surface area (Å²) in [5, 5.41) is 0. The molecule has 1 heterocycles. The van der Waals surface area contributed by atoms with E-state index in [0.29, 0.717) is 6.42 Å². The molecule has 0 fully saturated rings. The first-order chi connectivity index (χ1) is 15.1. The van der Waals surface area contributed by atoms with Crippen molar-refractivity contribution in [3.05, 3.63) is 102 Å². The first-order valence-electron chi connectivity index (χ1n) is 10.6. The molecule has 4 heteroatoms. The summed E-state index contributed by atoms with van der Waals surface area (Å²) < 4.78 is 0. The molecule has 0 saturated carbocycles. The van der Waals surface area contributed by atoms with Gasteiger partial charge in [0.15, 0.2) is 0 Å². The zero-order valence-corrected chi connectivity index (χ0v) is 17.8. The number of amides is 2. The smallest absolute Gasteiger partial charge is 0.251 e. The molecule has 31 heavy (non-hydrogen) atoms. The van der Waals surface area contributed by atoms with E-state index in [2.05, 4.69) is 0 Å². The van der Waals surface area contributed by atoms with E-state index in [1.54, 1.807) is 13.0 Å². The van der Waals surface area contributed by atoms with Gasteiger partial charge in [0.05, 0.1) is 6.04 Å². The molecule has 4 nitrogen and oxygen atoms in total. The van der Waals surface area contributed by atoms with Crippen molar-refractivity contribution in [1.82, 2.24) is 0 Å². The zero-order valence-electron chi connectivity index (χ0n) is 17.8. The van der Waals surface area contributed by atoms with E-state index in [1.807, 2.05) is 108 Å². The summed E-state index contributed by atoms with van der Waals surface area (Å²) in [6, 6.07) is 27.2. The van der Waals surface area contributed by atoms with Crippen molar-refractivity contribution in [2.45, 2.75) is 32.4 Å². The van der Waals surface area contributed by atoms with Crippen LogP contribution in [0, 0.1) is 0 Å². The van der Waals surface area contributed by atoms with Crippen molar-refractivity contribution in [3.8, 4) is 0 Å². The Bertz CT molecular complexity index is 1090. The number of carbonyl (C=O) groups excluding carboxylic acids is 2. The van der Waals surface area contributed by atoms with Crippen LogP contribution in [0.25, 0.3) is 6.08 Å². The predicted octanol–water partition coefficient (Wildman–Crippen LogP) is 5.62. The van der Waals surface area contributed by atoms with Crippen LogP contribution in [-0.2, 0) is 9.59 Å². The third-order valence-corrected chi connectivity index (χ3v) is 5.70. The van der Waals surface area contributed by atoms with Gasteiger partial charge in [0, 0.05) is 30.4 Å². The van der Waals surface area contributed by atoms with Crippen LogP contribution in [0.2, 0.25) is 0 Å². The number of anilines is 2. The van der Waals surface area contributed by atoms with Gasteiger partial charge in [0.2, 0.25) is 5.91 Å². The third kappa shape index (κ3) is 4.29. The van der Waals surface area contributed by atoms with E-state index in [-0.39, 0.29) is 23.9 Å². The fraction of sp³-hybridized carbons (Fsp3) is 0.185. The Balaban J connectivity index is 1.77. The lowest BCUT2D eigenvalue weighted by atomic mass is 9.90. The van der Waals surface area contributed by atoms with Gasteiger partial charge in [-0.05, 0) is 48.7 Å². The Morgan fingerprint density at radius 2 is 1.52 bits per heavy atom. The number of hydrogen-bond acceptors (Lipinski definition) is 2. The molecule has 4 rings (SSSR count). The molecule has 3 aromatic carbocycles. The molecule has 156 valence electrons. The highest BCUT2D eigenvalue weighted by atomic mass is 16.2. The second kappa shape index (κ2) is 9.00. The van der Waals surface area contributed by atoms with Gasteiger partial charge in [0.25, 0.3) is 5.91 Å². The highest BCUT2D eigenvalue weighted by Gasteiger charge is 2.37. The van der Waals surface area contributed by atoms with E-state index in [0.717, 1.165) is 22.5 Å². The molecule has 2 amide bonds. The highest BCUT2D eigenvalue weighted by Crippen LogP contribution is 2.42. The SMILES string of the molecule is CC(=O)N1c2ccccc2[C@H](N(C(=O)/C=C/c2ccccc2)c2ccccc2)C[C@H]1C. The van der Waals surface area contributed by atoms with E-state index < -0.39 is 0 Å². The van der Waals surface area contributed by atoms with Gasteiger partial charge >= 0.3 is 0 Å². The summed E-state index contributed by atoms with van der Waals surface area (Å²) in [5.41, 5.74) is 3.68. The lowest BCUT2D eigenvalue weighted by molar-refractivity contribution is -0.117. The molecule has 0 unspecified atom stereocenters. The summed E-state index contributed by atoms with van der Waals surface area (Å²) in [4.78, 5) is 29.5. The zero-order chi connectivity index (χ0) is 21.8. The second-order valence-electron chi connectivity index (χ2n) is 7.84. The van der Waals surface area contributed by atoms with Crippen molar-refractivity contribution >= 4 is 29.3 Å². The van der Waals surface area contributed by atoms with Gasteiger partial charge in [-0.2, -0.15) is 0 Å². The molecule has 3 aromatic rings. The molecule has 0 aromatic heterocycles. The van der Waals surface area contributed by atoms with E-state index >= 15 is 0 Å². The molecule has 0 aliphatic carbocycles. The summed E-state index contributed by atoms with van der Waals surface area (Å²) >= 11 is 0. The number of hydrogen-bond donors (Lipinski definition) is 0. The Hall–Kier alpha value is -3.66.